The highest BCUT2D eigenvalue weighted by molar-refractivity contribution is 5.85. The molecule has 2 amide bonds. The normalized spacial score (nSPS) is 18.7. The monoisotopic (exact) mass is 393 g/mol. The lowest BCUT2D eigenvalue weighted by atomic mass is 9.93. The summed E-state index contributed by atoms with van der Waals surface area (Å²) in [6.07, 6.45) is 3.71. The van der Waals surface area contributed by atoms with Crippen LogP contribution in [0.3, 0.4) is 0 Å². The van der Waals surface area contributed by atoms with Crippen molar-refractivity contribution < 1.29 is 9.59 Å². The van der Waals surface area contributed by atoms with E-state index in [1.807, 2.05) is 36.9 Å². The van der Waals surface area contributed by atoms with Gasteiger partial charge in [0.15, 0.2) is 0 Å². The number of likely N-dealkylation sites (tertiary alicyclic amines) is 1. The number of carbonyl (C=O) groups excluding carboxylic acids is 2. The van der Waals surface area contributed by atoms with Gasteiger partial charge in [-0.3, -0.25) is 9.59 Å². The fourth-order valence-corrected chi connectivity index (χ4v) is 3.63. The first kappa shape index (κ1) is 21.7. The Hall–Kier alpha value is -1.59. The summed E-state index contributed by atoms with van der Waals surface area (Å²) in [5.74, 6) is 0.447. The minimum absolute atomic E-state index is 0. The largest absolute Gasteiger partial charge is 0.341 e. The quantitative estimate of drug-likeness (QED) is 0.808. The van der Waals surface area contributed by atoms with E-state index in [-0.39, 0.29) is 36.1 Å². The first-order chi connectivity index (χ1) is 12.5. The predicted octanol–water partition coefficient (Wildman–Crippen LogP) is 2.82. The van der Waals surface area contributed by atoms with Crippen LogP contribution in [0.25, 0.3) is 0 Å². The summed E-state index contributed by atoms with van der Waals surface area (Å²) in [7, 11) is 0. The number of piperidine rings is 1. The van der Waals surface area contributed by atoms with Crippen molar-refractivity contribution in [1.82, 2.24) is 9.80 Å². The van der Waals surface area contributed by atoms with Crippen LogP contribution in [0.15, 0.2) is 30.3 Å². The van der Waals surface area contributed by atoms with Gasteiger partial charge in [-0.05, 0) is 37.2 Å². The third-order valence-corrected chi connectivity index (χ3v) is 5.63. The molecule has 1 atom stereocenters. The molecule has 1 aromatic carbocycles. The van der Waals surface area contributed by atoms with E-state index in [1.165, 1.54) is 5.56 Å². The topological polar surface area (TPSA) is 66.6 Å². The second kappa shape index (κ2) is 9.56. The molecule has 6 heteroatoms. The molecule has 2 fully saturated rings. The maximum atomic E-state index is 13.1. The van der Waals surface area contributed by atoms with Crippen molar-refractivity contribution in [2.75, 3.05) is 13.1 Å². The van der Waals surface area contributed by atoms with Gasteiger partial charge in [0.1, 0.15) is 0 Å². The highest BCUT2D eigenvalue weighted by Crippen LogP contribution is 2.32. The van der Waals surface area contributed by atoms with Crippen LogP contribution in [-0.2, 0) is 16.1 Å². The molecule has 5 nitrogen and oxygen atoms in total. The van der Waals surface area contributed by atoms with Crippen LogP contribution in [0.4, 0.5) is 0 Å². The third-order valence-electron chi connectivity index (χ3n) is 5.63. The molecular formula is C21H32ClN3O2. The van der Waals surface area contributed by atoms with E-state index in [2.05, 4.69) is 17.0 Å². The van der Waals surface area contributed by atoms with Crippen LogP contribution >= 0.6 is 12.4 Å². The van der Waals surface area contributed by atoms with Crippen molar-refractivity contribution in [1.29, 1.82) is 0 Å². The lowest BCUT2D eigenvalue weighted by molar-refractivity contribution is -0.142. The molecule has 27 heavy (non-hydrogen) atoms. The summed E-state index contributed by atoms with van der Waals surface area (Å²) in [5, 5.41) is 0. The Morgan fingerprint density at radius 3 is 2.22 bits per heavy atom. The zero-order valence-electron chi connectivity index (χ0n) is 16.3. The zero-order chi connectivity index (χ0) is 18.7. The van der Waals surface area contributed by atoms with Crippen molar-refractivity contribution in [2.45, 2.75) is 58.2 Å². The van der Waals surface area contributed by atoms with Gasteiger partial charge < -0.3 is 15.5 Å². The van der Waals surface area contributed by atoms with E-state index in [9.17, 15) is 9.59 Å². The van der Waals surface area contributed by atoms with E-state index < -0.39 is 6.04 Å². The molecule has 150 valence electrons. The summed E-state index contributed by atoms with van der Waals surface area (Å²) < 4.78 is 0. The Kier molecular flexibility index (Phi) is 7.68. The molecule has 1 saturated heterocycles. The first-order valence-electron chi connectivity index (χ1n) is 9.86. The smallest absolute Gasteiger partial charge is 0.239 e. The number of rotatable bonds is 6. The van der Waals surface area contributed by atoms with Crippen LogP contribution in [0.1, 0.15) is 45.1 Å². The molecule has 0 bridgehead atoms. The van der Waals surface area contributed by atoms with Crippen molar-refractivity contribution in [2.24, 2.45) is 17.6 Å². The van der Waals surface area contributed by atoms with Gasteiger partial charge in [-0.25, -0.2) is 0 Å². The number of nitrogens with two attached hydrogens (primary N) is 1. The third kappa shape index (κ3) is 5.45. The van der Waals surface area contributed by atoms with Gasteiger partial charge in [0.05, 0.1) is 6.04 Å². The Morgan fingerprint density at radius 2 is 1.70 bits per heavy atom. The maximum absolute atomic E-state index is 13.1. The van der Waals surface area contributed by atoms with Gasteiger partial charge >= 0.3 is 0 Å². The number of hydrogen-bond acceptors (Lipinski definition) is 3. The molecule has 1 saturated carbocycles. The van der Waals surface area contributed by atoms with Crippen LogP contribution in [0, 0.1) is 11.8 Å². The fourth-order valence-electron chi connectivity index (χ4n) is 3.63. The number of amides is 2. The van der Waals surface area contributed by atoms with Gasteiger partial charge in [-0.1, -0.05) is 44.2 Å². The second-order valence-corrected chi connectivity index (χ2v) is 8.05. The molecule has 0 aromatic heterocycles. The Bertz CT molecular complexity index is 626. The first-order valence-corrected chi connectivity index (χ1v) is 9.86. The van der Waals surface area contributed by atoms with Gasteiger partial charge in [0, 0.05) is 31.6 Å². The molecule has 1 aliphatic carbocycles. The Balaban J connectivity index is 0.00000261. The van der Waals surface area contributed by atoms with Gasteiger partial charge in [0.2, 0.25) is 11.8 Å². The standard InChI is InChI=1S/C21H31N3O2.ClH/c1-15(2)19(22)21(26)23-12-10-17(11-13-23)20(25)24(18-8-9-18)14-16-6-4-3-5-7-16;/h3-7,15,17-19H,8-14,22H2,1-2H3;1H/t19-;/m0./s1. The van der Waals surface area contributed by atoms with Crippen LogP contribution in [-0.4, -0.2) is 46.8 Å². The molecule has 0 radical (unpaired) electrons. The minimum atomic E-state index is -0.441. The average Bonchev–Trinajstić information content (AvgIpc) is 3.50. The molecule has 2 aliphatic rings. The summed E-state index contributed by atoms with van der Waals surface area (Å²) in [4.78, 5) is 29.4. The van der Waals surface area contributed by atoms with Crippen molar-refractivity contribution in [3.63, 3.8) is 0 Å². The van der Waals surface area contributed by atoms with E-state index in [4.69, 9.17) is 5.73 Å². The van der Waals surface area contributed by atoms with Crippen molar-refractivity contribution in [3.05, 3.63) is 35.9 Å². The van der Waals surface area contributed by atoms with Crippen LogP contribution in [0.5, 0.6) is 0 Å². The predicted molar refractivity (Wildman–Crippen MR) is 109 cm³/mol. The average molecular weight is 394 g/mol. The van der Waals surface area contributed by atoms with E-state index in [0.717, 1.165) is 25.7 Å². The molecule has 0 unspecified atom stereocenters. The highest BCUT2D eigenvalue weighted by atomic mass is 35.5. The van der Waals surface area contributed by atoms with E-state index in [0.29, 0.717) is 25.7 Å². The number of hydrogen-bond donors (Lipinski definition) is 1. The summed E-state index contributed by atoms with van der Waals surface area (Å²) in [6.45, 7) is 5.91. The fraction of sp³-hybridized carbons (Fsp3) is 0.619. The molecule has 3 rings (SSSR count). The van der Waals surface area contributed by atoms with Crippen molar-refractivity contribution in [3.8, 4) is 0 Å². The SMILES string of the molecule is CC(C)[C@H](N)C(=O)N1CCC(C(=O)N(Cc2ccccc2)C2CC2)CC1.Cl. The number of halogens is 1. The van der Waals surface area contributed by atoms with Gasteiger partial charge in [-0.15, -0.1) is 12.4 Å². The molecule has 1 aliphatic heterocycles. The number of nitrogens with zero attached hydrogens (tertiary/aromatic N) is 2. The van der Waals surface area contributed by atoms with E-state index in [1.54, 1.807) is 0 Å². The number of carbonyl (C=O) groups is 2. The minimum Gasteiger partial charge on any atom is -0.341 e. The second-order valence-electron chi connectivity index (χ2n) is 8.05. The summed E-state index contributed by atoms with van der Waals surface area (Å²) in [5.41, 5.74) is 7.18. The van der Waals surface area contributed by atoms with Gasteiger partial charge in [0.25, 0.3) is 0 Å². The van der Waals surface area contributed by atoms with Crippen LogP contribution < -0.4 is 5.73 Å². The van der Waals surface area contributed by atoms with E-state index >= 15 is 0 Å². The molecule has 2 N–H and O–H groups in total. The zero-order valence-corrected chi connectivity index (χ0v) is 17.2. The van der Waals surface area contributed by atoms with Crippen LogP contribution in [0.2, 0.25) is 0 Å². The molecule has 0 spiro atoms. The summed E-state index contributed by atoms with van der Waals surface area (Å²) in [6, 6.07) is 10.2. The summed E-state index contributed by atoms with van der Waals surface area (Å²) >= 11 is 0. The molecular weight excluding hydrogens is 362 g/mol. The Morgan fingerprint density at radius 1 is 1.11 bits per heavy atom. The lowest BCUT2D eigenvalue weighted by Crippen LogP contribution is -2.51. The maximum Gasteiger partial charge on any atom is 0.239 e. The highest BCUT2D eigenvalue weighted by Gasteiger charge is 2.37. The van der Waals surface area contributed by atoms with Crippen molar-refractivity contribution >= 4 is 24.2 Å². The number of benzene rings is 1. The molecule has 1 aromatic rings. The Labute approximate surface area is 168 Å². The molecule has 1 heterocycles. The lowest BCUT2D eigenvalue weighted by Gasteiger charge is -2.36. The van der Waals surface area contributed by atoms with Gasteiger partial charge in [-0.2, -0.15) is 0 Å².